The molecule has 0 amide bonds. The van der Waals surface area contributed by atoms with Crippen molar-refractivity contribution in [3.05, 3.63) is 54.4 Å². The molecule has 1 saturated heterocycles. The average molecular weight is 393 g/mol. The van der Waals surface area contributed by atoms with Gasteiger partial charge in [-0.1, -0.05) is 6.07 Å². The standard InChI is InChI=1S/C17H20N4O3S2/c22-26(23,21-8-10-24-11-9-21)16-5-3-15(4-6-16)20-17(25)19-13-14-2-1-7-18-12-14/h1-7,12H,8-11,13H2,(H2,19,20,25). The number of morpholine rings is 1. The predicted molar refractivity (Wildman–Crippen MR) is 103 cm³/mol. The molecular weight excluding hydrogens is 372 g/mol. The minimum Gasteiger partial charge on any atom is -0.379 e. The Morgan fingerprint density at radius 2 is 1.92 bits per heavy atom. The van der Waals surface area contributed by atoms with E-state index in [1.54, 1.807) is 36.7 Å². The van der Waals surface area contributed by atoms with Gasteiger partial charge in [0.05, 0.1) is 18.1 Å². The maximum atomic E-state index is 12.6. The molecule has 1 aromatic heterocycles. The minimum absolute atomic E-state index is 0.263. The molecule has 7 nitrogen and oxygen atoms in total. The largest absolute Gasteiger partial charge is 0.379 e. The molecule has 0 unspecified atom stereocenters. The van der Waals surface area contributed by atoms with E-state index < -0.39 is 10.0 Å². The second-order valence-corrected chi connectivity index (χ2v) is 8.06. The Hall–Kier alpha value is -2.07. The van der Waals surface area contributed by atoms with Gasteiger partial charge in [0.2, 0.25) is 10.0 Å². The van der Waals surface area contributed by atoms with Gasteiger partial charge in [0.25, 0.3) is 0 Å². The lowest BCUT2D eigenvalue weighted by Crippen LogP contribution is -2.40. The number of rotatable bonds is 5. The summed E-state index contributed by atoms with van der Waals surface area (Å²) in [5.41, 5.74) is 1.73. The molecule has 0 saturated carbocycles. The van der Waals surface area contributed by atoms with Crippen molar-refractivity contribution in [3.63, 3.8) is 0 Å². The third-order valence-electron chi connectivity index (χ3n) is 3.90. The Morgan fingerprint density at radius 1 is 1.19 bits per heavy atom. The monoisotopic (exact) mass is 392 g/mol. The number of nitrogens with one attached hydrogen (secondary N) is 2. The topological polar surface area (TPSA) is 83.6 Å². The molecule has 0 atom stereocenters. The van der Waals surface area contributed by atoms with Crippen molar-refractivity contribution in [1.82, 2.24) is 14.6 Å². The van der Waals surface area contributed by atoms with Gasteiger partial charge in [0.15, 0.2) is 5.11 Å². The van der Waals surface area contributed by atoms with Crippen LogP contribution in [0.1, 0.15) is 5.56 Å². The highest BCUT2D eigenvalue weighted by Crippen LogP contribution is 2.19. The first-order valence-electron chi connectivity index (χ1n) is 8.17. The molecule has 2 N–H and O–H groups in total. The smallest absolute Gasteiger partial charge is 0.243 e. The Bertz CT molecular complexity index is 836. The third kappa shape index (κ3) is 4.76. The molecule has 0 radical (unpaired) electrons. The maximum Gasteiger partial charge on any atom is 0.243 e. The number of thiocarbonyl (C=S) groups is 1. The van der Waals surface area contributed by atoms with E-state index in [0.717, 1.165) is 11.3 Å². The van der Waals surface area contributed by atoms with Crippen LogP contribution >= 0.6 is 12.2 Å². The van der Waals surface area contributed by atoms with Crippen molar-refractivity contribution in [2.24, 2.45) is 0 Å². The number of hydrogen-bond donors (Lipinski definition) is 2. The number of aromatic nitrogens is 1. The van der Waals surface area contributed by atoms with Gasteiger partial charge in [-0.3, -0.25) is 4.98 Å². The number of pyridine rings is 1. The summed E-state index contributed by atoms with van der Waals surface area (Å²) >= 11 is 5.26. The number of hydrogen-bond acceptors (Lipinski definition) is 5. The highest BCUT2D eigenvalue weighted by Gasteiger charge is 2.26. The highest BCUT2D eigenvalue weighted by molar-refractivity contribution is 7.89. The summed E-state index contributed by atoms with van der Waals surface area (Å²) in [6, 6.07) is 10.4. The van der Waals surface area contributed by atoms with Crippen LogP contribution in [-0.4, -0.2) is 49.1 Å². The Balaban J connectivity index is 1.58. The fourth-order valence-corrected chi connectivity index (χ4v) is 4.10. The van der Waals surface area contributed by atoms with E-state index in [9.17, 15) is 8.42 Å². The maximum absolute atomic E-state index is 12.6. The second-order valence-electron chi connectivity index (χ2n) is 5.71. The number of nitrogens with zero attached hydrogens (tertiary/aromatic N) is 2. The molecular formula is C17H20N4O3S2. The fourth-order valence-electron chi connectivity index (χ4n) is 2.51. The zero-order valence-corrected chi connectivity index (χ0v) is 15.7. The zero-order chi connectivity index (χ0) is 18.4. The van der Waals surface area contributed by atoms with Crippen LogP contribution in [-0.2, 0) is 21.3 Å². The van der Waals surface area contributed by atoms with E-state index in [4.69, 9.17) is 17.0 Å². The van der Waals surface area contributed by atoms with Crippen LogP contribution in [0.5, 0.6) is 0 Å². The van der Waals surface area contributed by atoms with Crippen LogP contribution in [0.25, 0.3) is 0 Å². The van der Waals surface area contributed by atoms with Crippen LogP contribution in [0, 0.1) is 0 Å². The summed E-state index contributed by atoms with van der Waals surface area (Å²) < 4.78 is 31.8. The molecule has 1 fully saturated rings. The Labute approximate surface area is 158 Å². The van der Waals surface area contributed by atoms with Crippen LogP contribution in [0.4, 0.5) is 5.69 Å². The lowest BCUT2D eigenvalue weighted by atomic mass is 10.3. The van der Waals surface area contributed by atoms with Crippen LogP contribution in [0.2, 0.25) is 0 Å². The molecule has 0 bridgehead atoms. The summed E-state index contributed by atoms with van der Waals surface area (Å²) in [5.74, 6) is 0. The molecule has 0 spiro atoms. The van der Waals surface area contributed by atoms with Crippen LogP contribution in [0.3, 0.4) is 0 Å². The normalized spacial score (nSPS) is 15.4. The van der Waals surface area contributed by atoms with Crippen LogP contribution in [0.15, 0.2) is 53.7 Å². The second kappa shape index (κ2) is 8.54. The van der Waals surface area contributed by atoms with Crippen molar-refractivity contribution >= 4 is 33.0 Å². The summed E-state index contributed by atoms with van der Waals surface area (Å²) in [6.45, 7) is 2.17. The lowest BCUT2D eigenvalue weighted by molar-refractivity contribution is 0.0730. The predicted octanol–water partition coefficient (Wildman–Crippen LogP) is 1.59. The molecule has 1 aliphatic heterocycles. The highest BCUT2D eigenvalue weighted by atomic mass is 32.2. The van der Waals surface area contributed by atoms with Crippen LogP contribution < -0.4 is 10.6 Å². The molecule has 1 aliphatic rings. The van der Waals surface area contributed by atoms with Gasteiger partial charge < -0.3 is 15.4 Å². The molecule has 2 aromatic rings. The van der Waals surface area contributed by atoms with Crippen molar-refractivity contribution in [2.45, 2.75) is 11.4 Å². The van der Waals surface area contributed by atoms with Gasteiger partial charge >= 0.3 is 0 Å². The van der Waals surface area contributed by atoms with Gasteiger partial charge in [-0.25, -0.2) is 8.42 Å². The summed E-state index contributed by atoms with van der Waals surface area (Å²) in [6.07, 6.45) is 3.48. The van der Waals surface area contributed by atoms with Crippen molar-refractivity contribution in [1.29, 1.82) is 0 Å². The van der Waals surface area contributed by atoms with Crippen molar-refractivity contribution in [3.8, 4) is 0 Å². The molecule has 138 valence electrons. The van der Waals surface area contributed by atoms with E-state index >= 15 is 0 Å². The summed E-state index contributed by atoms with van der Waals surface area (Å²) in [7, 11) is -3.48. The van der Waals surface area contributed by atoms with E-state index in [1.165, 1.54) is 4.31 Å². The first-order valence-corrected chi connectivity index (χ1v) is 10.0. The number of ether oxygens (including phenoxy) is 1. The van der Waals surface area contributed by atoms with E-state index in [-0.39, 0.29) is 4.90 Å². The first-order chi connectivity index (χ1) is 12.6. The van der Waals surface area contributed by atoms with Gasteiger partial charge in [-0.2, -0.15) is 4.31 Å². The molecule has 2 heterocycles. The Kier molecular flexibility index (Phi) is 6.15. The summed E-state index contributed by atoms with van der Waals surface area (Å²) in [4.78, 5) is 4.31. The van der Waals surface area contributed by atoms with Gasteiger partial charge in [0.1, 0.15) is 0 Å². The molecule has 9 heteroatoms. The lowest BCUT2D eigenvalue weighted by Gasteiger charge is -2.26. The quantitative estimate of drug-likeness (QED) is 0.748. The summed E-state index contributed by atoms with van der Waals surface area (Å²) in [5, 5.41) is 6.58. The molecule has 3 rings (SSSR count). The number of anilines is 1. The number of benzene rings is 1. The van der Waals surface area contributed by atoms with Gasteiger partial charge in [0, 0.05) is 37.7 Å². The first kappa shape index (κ1) is 18.7. The average Bonchev–Trinajstić information content (AvgIpc) is 2.68. The van der Waals surface area contributed by atoms with E-state index in [2.05, 4.69) is 15.6 Å². The third-order valence-corrected chi connectivity index (χ3v) is 6.06. The molecule has 0 aliphatic carbocycles. The number of sulfonamides is 1. The van der Waals surface area contributed by atoms with Crippen molar-refractivity contribution in [2.75, 3.05) is 31.6 Å². The van der Waals surface area contributed by atoms with Crippen molar-refractivity contribution < 1.29 is 13.2 Å². The van der Waals surface area contributed by atoms with Gasteiger partial charge in [-0.15, -0.1) is 0 Å². The fraction of sp³-hybridized carbons (Fsp3) is 0.294. The van der Waals surface area contributed by atoms with E-state index in [1.807, 2.05) is 12.1 Å². The molecule has 1 aromatic carbocycles. The van der Waals surface area contributed by atoms with E-state index in [0.29, 0.717) is 38.0 Å². The minimum atomic E-state index is -3.48. The Morgan fingerprint density at radius 3 is 2.58 bits per heavy atom. The van der Waals surface area contributed by atoms with Gasteiger partial charge in [-0.05, 0) is 48.1 Å². The zero-order valence-electron chi connectivity index (χ0n) is 14.1. The molecule has 26 heavy (non-hydrogen) atoms. The SMILES string of the molecule is O=S(=O)(c1ccc(NC(=S)NCc2cccnc2)cc1)N1CCOCC1.